The molecular formula is C24H22F7NO3. The zero-order chi connectivity index (χ0) is 25.5. The van der Waals surface area contributed by atoms with E-state index in [1.54, 1.807) is 0 Å². The van der Waals surface area contributed by atoms with E-state index in [0.29, 0.717) is 30.5 Å². The zero-order valence-electron chi connectivity index (χ0n) is 18.2. The van der Waals surface area contributed by atoms with Gasteiger partial charge in [-0.2, -0.15) is 26.3 Å². The first-order valence-electron chi connectivity index (χ1n) is 11.0. The van der Waals surface area contributed by atoms with Crippen molar-refractivity contribution in [3.63, 3.8) is 0 Å². The van der Waals surface area contributed by atoms with Crippen molar-refractivity contribution in [2.75, 3.05) is 0 Å². The molecule has 1 aliphatic heterocycles. The van der Waals surface area contributed by atoms with E-state index in [9.17, 15) is 40.6 Å². The number of aliphatic hydroxyl groups excluding tert-OH is 1. The Balaban J connectivity index is 1.59. The molecule has 0 unspecified atom stereocenters. The summed E-state index contributed by atoms with van der Waals surface area (Å²) in [5, 5.41) is 12.6. The number of aliphatic hydroxyl groups is 1. The number of hydrogen-bond acceptors (Lipinski definition) is 3. The Morgan fingerprint density at radius 2 is 1.54 bits per heavy atom. The third-order valence-corrected chi connectivity index (χ3v) is 6.64. The number of hydrogen-bond donors (Lipinski definition) is 2. The molecule has 2 aliphatic rings. The molecule has 1 saturated heterocycles. The molecular weight excluding hydrogens is 483 g/mol. The largest absolute Gasteiger partial charge is 0.416 e. The summed E-state index contributed by atoms with van der Waals surface area (Å²) in [6, 6.07) is 6.47. The SMILES string of the molecule is O=C1N[C@@H]([C@@H]2CC[C@H](OCc3cc(C(F)(F)F)cc(C(F)(F)F)c3)[C@H]2c2ccc(F)cc2)C[C@@H]1O. The quantitative estimate of drug-likeness (QED) is 0.550. The Kier molecular flexibility index (Phi) is 6.85. The van der Waals surface area contributed by atoms with Gasteiger partial charge in [0.05, 0.1) is 23.8 Å². The molecule has 2 aromatic rings. The monoisotopic (exact) mass is 505 g/mol. The van der Waals surface area contributed by atoms with Gasteiger partial charge in [-0.3, -0.25) is 4.79 Å². The van der Waals surface area contributed by atoms with Crippen LogP contribution in [-0.4, -0.2) is 29.3 Å². The summed E-state index contributed by atoms with van der Waals surface area (Å²) in [6.07, 6.45) is -10.6. The first kappa shape index (κ1) is 25.4. The molecule has 2 aromatic carbocycles. The van der Waals surface area contributed by atoms with Gasteiger partial charge in [-0.1, -0.05) is 12.1 Å². The summed E-state index contributed by atoms with van der Waals surface area (Å²) in [4.78, 5) is 11.8. The number of nitrogens with one attached hydrogen (secondary N) is 1. The average Bonchev–Trinajstić information content (AvgIpc) is 3.34. The van der Waals surface area contributed by atoms with E-state index in [-0.39, 0.29) is 24.0 Å². The minimum atomic E-state index is -4.97. The topological polar surface area (TPSA) is 58.6 Å². The highest BCUT2D eigenvalue weighted by molar-refractivity contribution is 5.83. The highest BCUT2D eigenvalue weighted by Gasteiger charge is 2.46. The normalized spacial score (nSPS) is 27.3. The molecule has 5 atom stereocenters. The van der Waals surface area contributed by atoms with Crippen molar-refractivity contribution in [1.29, 1.82) is 0 Å². The molecule has 1 saturated carbocycles. The molecule has 1 aliphatic carbocycles. The van der Waals surface area contributed by atoms with Crippen LogP contribution in [0.25, 0.3) is 0 Å². The van der Waals surface area contributed by atoms with Gasteiger partial charge in [-0.25, -0.2) is 4.39 Å². The third kappa shape index (κ3) is 5.61. The van der Waals surface area contributed by atoms with Crippen LogP contribution in [0.3, 0.4) is 0 Å². The molecule has 35 heavy (non-hydrogen) atoms. The van der Waals surface area contributed by atoms with E-state index in [1.807, 2.05) is 0 Å². The van der Waals surface area contributed by atoms with Crippen molar-refractivity contribution in [1.82, 2.24) is 5.32 Å². The zero-order valence-corrected chi connectivity index (χ0v) is 18.2. The van der Waals surface area contributed by atoms with E-state index in [0.717, 1.165) is 0 Å². The molecule has 2 fully saturated rings. The lowest BCUT2D eigenvalue weighted by atomic mass is 9.82. The molecule has 4 rings (SSSR count). The van der Waals surface area contributed by atoms with Gasteiger partial charge in [0.25, 0.3) is 0 Å². The Labute approximate surface area is 196 Å². The fraction of sp³-hybridized carbons (Fsp3) is 0.458. The predicted molar refractivity (Wildman–Crippen MR) is 109 cm³/mol. The van der Waals surface area contributed by atoms with Crippen LogP contribution in [0.2, 0.25) is 0 Å². The first-order chi connectivity index (χ1) is 16.3. The Hall–Kier alpha value is -2.66. The maximum Gasteiger partial charge on any atom is 0.416 e. The maximum atomic E-state index is 13.5. The second-order valence-corrected chi connectivity index (χ2v) is 8.95. The summed E-state index contributed by atoms with van der Waals surface area (Å²) in [5.74, 6) is -1.63. The molecule has 0 spiro atoms. The lowest BCUT2D eigenvalue weighted by Gasteiger charge is -2.29. The number of carbonyl (C=O) groups excluding carboxylic acids is 1. The van der Waals surface area contributed by atoms with Crippen molar-refractivity contribution in [3.05, 3.63) is 70.5 Å². The number of amides is 1. The van der Waals surface area contributed by atoms with Crippen LogP contribution in [0.15, 0.2) is 42.5 Å². The number of ether oxygens (including phenoxy) is 1. The van der Waals surface area contributed by atoms with Crippen LogP contribution < -0.4 is 5.32 Å². The highest BCUT2D eigenvalue weighted by Crippen LogP contribution is 2.45. The standard InChI is InChI=1S/C24H22F7NO3/c25-16-3-1-13(2-4-16)21-17(18-10-19(33)22(34)32-18)5-6-20(21)35-11-12-7-14(23(26,27)28)9-15(8-12)24(29,30)31/h1-4,7-9,17-21,33H,5-6,10-11H2,(H,32,34)/t17-,18+,19-,20-,21-/m0/s1. The Bertz CT molecular complexity index is 1040. The van der Waals surface area contributed by atoms with Gasteiger partial charge >= 0.3 is 12.4 Å². The Morgan fingerprint density at radius 3 is 2.06 bits per heavy atom. The first-order valence-corrected chi connectivity index (χ1v) is 11.0. The molecule has 2 N–H and O–H groups in total. The number of rotatable bonds is 5. The van der Waals surface area contributed by atoms with Crippen molar-refractivity contribution >= 4 is 5.91 Å². The second-order valence-electron chi connectivity index (χ2n) is 8.95. The van der Waals surface area contributed by atoms with Crippen LogP contribution >= 0.6 is 0 Å². The number of halogens is 7. The molecule has 11 heteroatoms. The third-order valence-electron chi connectivity index (χ3n) is 6.64. The predicted octanol–water partition coefficient (Wildman–Crippen LogP) is 5.19. The minimum Gasteiger partial charge on any atom is -0.383 e. The second kappa shape index (κ2) is 9.42. The fourth-order valence-electron chi connectivity index (χ4n) is 5.05. The van der Waals surface area contributed by atoms with E-state index < -0.39 is 66.0 Å². The molecule has 190 valence electrons. The average molecular weight is 505 g/mol. The van der Waals surface area contributed by atoms with Crippen molar-refractivity contribution in [2.45, 2.75) is 62.4 Å². The molecule has 1 amide bonds. The van der Waals surface area contributed by atoms with Crippen molar-refractivity contribution in [2.24, 2.45) is 5.92 Å². The highest BCUT2D eigenvalue weighted by atomic mass is 19.4. The summed E-state index contributed by atoms with van der Waals surface area (Å²) in [5.41, 5.74) is -2.46. The molecule has 4 nitrogen and oxygen atoms in total. The van der Waals surface area contributed by atoms with E-state index in [4.69, 9.17) is 4.74 Å². The van der Waals surface area contributed by atoms with E-state index in [2.05, 4.69) is 5.32 Å². The van der Waals surface area contributed by atoms with Crippen LogP contribution in [0, 0.1) is 11.7 Å². The van der Waals surface area contributed by atoms with Crippen LogP contribution in [-0.2, 0) is 28.5 Å². The number of benzene rings is 2. The number of alkyl halides is 6. The van der Waals surface area contributed by atoms with Gasteiger partial charge < -0.3 is 15.2 Å². The molecule has 1 heterocycles. The molecule has 0 aromatic heterocycles. The summed E-state index contributed by atoms with van der Waals surface area (Å²) in [7, 11) is 0. The van der Waals surface area contributed by atoms with Crippen molar-refractivity contribution in [3.8, 4) is 0 Å². The molecule has 0 radical (unpaired) electrons. The van der Waals surface area contributed by atoms with Crippen LogP contribution in [0.4, 0.5) is 30.7 Å². The van der Waals surface area contributed by atoms with Gasteiger partial charge in [0, 0.05) is 18.4 Å². The van der Waals surface area contributed by atoms with E-state index >= 15 is 0 Å². The van der Waals surface area contributed by atoms with E-state index in [1.165, 1.54) is 24.3 Å². The minimum absolute atomic E-state index is 0.0600. The van der Waals surface area contributed by atoms with Crippen LogP contribution in [0.1, 0.15) is 47.4 Å². The van der Waals surface area contributed by atoms with Gasteiger partial charge in [0.15, 0.2) is 0 Å². The summed E-state index contributed by atoms with van der Waals surface area (Å²) in [6.45, 7) is -0.498. The lowest BCUT2D eigenvalue weighted by molar-refractivity contribution is -0.143. The van der Waals surface area contributed by atoms with Gasteiger partial charge in [0.1, 0.15) is 11.9 Å². The smallest absolute Gasteiger partial charge is 0.383 e. The molecule has 0 bridgehead atoms. The van der Waals surface area contributed by atoms with Gasteiger partial charge in [0.2, 0.25) is 5.91 Å². The van der Waals surface area contributed by atoms with Crippen LogP contribution in [0.5, 0.6) is 0 Å². The van der Waals surface area contributed by atoms with Gasteiger partial charge in [-0.15, -0.1) is 0 Å². The summed E-state index contributed by atoms with van der Waals surface area (Å²) < 4.78 is 98.5. The lowest BCUT2D eigenvalue weighted by Crippen LogP contribution is -2.36. The maximum absolute atomic E-state index is 13.5. The summed E-state index contributed by atoms with van der Waals surface area (Å²) >= 11 is 0. The Morgan fingerprint density at radius 1 is 0.943 bits per heavy atom. The number of carbonyl (C=O) groups is 1. The van der Waals surface area contributed by atoms with Gasteiger partial charge in [-0.05, 0) is 60.2 Å². The van der Waals surface area contributed by atoms with Crippen molar-refractivity contribution < 1.29 is 45.4 Å². The fourth-order valence-corrected chi connectivity index (χ4v) is 5.05.